The third kappa shape index (κ3) is 1.62. The van der Waals surface area contributed by atoms with Crippen LogP contribution in [0.1, 0.15) is 17.0 Å². The zero-order chi connectivity index (χ0) is 13.4. The molecule has 0 fully saturated rings. The van der Waals surface area contributed by atoms with E-state index in [9.17, 15) is 4.79 Å². The lowest BCUT2D eigenvalue weighted by atomic mass is 9.99. The highest BCUT2D eigenvalue weighted by Gasteiger charge is 2.30. The van der Waals surface area contributed by atoms with Gasteiger partial charge in [-0.1, -0.05) is 18.2 Å². The molecule has 0 spiro atoms. The van der Waals surface area contributed by atoms with Crippen LogP contribution >= 0.6 is 0 Å². The molecule has 1 aliphatic carbocycles. The average molecular weight is 254 g/mol. The lowest BCUT2D eigenvalue weighted by Gasteiger charge is -2.08. The summed E-state index contributed by atoms with van der Waals surface area (Å²) in [6.45, 7) is 0. The normalized spacial score (nSPS) is 15.6. The number of hydrogen-bond donors (Lipinski definition) is 0. The molecule has 0 aliphatic heterocycles. The maximum atomic E-state index is 11.4. The van der Waals surface area contributed by atoms with Crippen molar-refractivity contribution in [2.45, 2.75) is 5.92 Å². The largest absolute Gasteiger partial charge is 0.497 e. The van der Waals surface area contributed by atoms with Crippen LogP contribution in [0.25, 0.3) is 11.1 Å². The van der Waals surface area contributed by atoms with Gasteiger partial charge in [0.05, 0.1) is 20.1 Å². The molecule has 3 rings (SSSR count). The van der Waals surface area contributed by atoms with Gasteiger partial charge in [-0.05, 0) is 34.9 Å². The van der Waals surface area contributed by atoms with Gasteiger partial charge in [-0.15, -0.1) is 0 Å². The van der Waals surface area contributed by atoms with Crippen molar-refractivity contribution in [2.75, 3.05) is 14.2 Å². The number of methoxy groups -OCH3 is 2. The van der Waals surface area contributed by atoms with Gasteiger partial charge in [0.15, 0.2) is 0 Å². The van der Waals surface area contributed by atoms with Crippen molar-refractivity contribution in [2.24, 2.45) is 0 Å². The van der Waals surface area contributed by atoms with Gasteiger partial charge in [-0.3, -0.25) is 0 Å². The molecule has 96 valence electrons. The molecule has 1 unspecified atom stereocenters. The Balaban J connectivity index is 2.32. The number of hydrogen-bond acceptors (Lipinski definition) is 3. The molecule has 0 radical (unpaired) electrons. The van der Waals surface area contributed by atoms with Crippen LogP contribution in [0.15, 0.2) is 36.4 Å². The summed E-state index contributed by atoms with van der Waals surface area (Å²) in [6, 6.07) is 11.6. The van der Waals surface area contributed by atoms with Crippen molar-refractivity contribution in [3.63, 3.8) is 0 Å². The third-order valence-corrected chi connectivity index (χ3v) is 3.61. The van der Waals surface area contributed by atoms with Crippen LogP contribution in [-0.2, 0) is 4.79 Å². The van der Waals surface area contributed by atoms with Crippen molar-refractivity contribution in [3.8, 4) is 22.6 Å². The summed E-state index contributed by atoms with van der Waals surface area (Å²) in [5.41, 5.74) is 4.02. The van der Waals surface area contributed by atoms with Crippen LogP contribution in [0.2, 0.25) is 0 Å². The second-order valence-electron chi connectivity index (χ2n) is 4.49. The van der Waals surface area contributed by atoms with Gasteiger partial charge in [0, 0.05) is 5.56 Å². The second kappa shape index (κ2) is 4.43. The van der Waals surface area contributed by atoms with E-state index in [0.717, 1.165) is 40.0 Å². The Morgan fingerprint density at radius 1 is 1.05 bits per heavy atom. The topological polar surface area (TPSA) is 35.5 Å². The lowest BCUT2D eigenvalue weighted by Crippen LogP contribution is -1.97. The smallest absolute Gasteiger partial charge is 0.131 e. The lowest BCUT2D eigenvalue weighted by molar-refractivity contribution is -0.108. The van der Waals surface area contributed by atoms with Gasteiger partial charge in [0.25, 0.3) is 0 Å². The Morgan fingerprint density at radius 3 is 2.58 bits per heavy atom. The van der Waals surface area contributed by atoms with Crippen LogP contribution in [0.4, 0.5) is 0 Å². The Morgan fingerprint density at radius 2 is 1.89 bits per heavy atom. The third-order valence-electron chi connectivity index (χ3n) is 3.61. The fourth-order valence-electron chi connectivity index (χ4n) is 2.73. The SMILES string of the molecule is COc1ccc2c(c1)-c1c(OC)cccc1C2C=O. The number of carbonyl (C=O) groups excluding carboxylic acids is 1. The number of aldehydes is 1. The summed E-state index contributed by atoms with van der Waals surface area (Å²) < 4.78 is 10.7. The van der Waals surface area contributed by atoms with Crippen LogP contribution in [0.3, 0.4) is 0 Å². The van der Waals surface area contributed by atoms with Crippen molar-refractivity contribution in [1.82, 2.24) is 0 Å². The number of carbonyl (C=O) groups is 1. The van der Waals surface area contributed by atoms with Gasteiger partial charge in [-0.25, -0.2) is 0 Å². The molecule has 1 aliphatic rings. The molecule has 3 heteroatoms. The fourth-order valence-corrected chi connectivity index (χ4v) is 2.73. The molecule has 0 amide bonds. The maximum absolute atomic E-state index is 11.4. The van der Waals surface area contributed by atoms with E-state index in [2.05, 4.69) is 0 Å². The van der Waals surface area contributed by atoms with Gasteiger partial charge >= 0.3 is 0 Å². The molecule has 0 aromatic heterocycles. The second-order valence-corrected chi connectivity index (χ2v) is 4.49. The minimum atomic E-state index is -0.217. The van der Waals surface area contributed by atoms with E-state index in [-0.39, 0.29) is 5.92 Å². The highest BCUT2D eigenvalue weighted by Crippen LogP contribution is 2.49. The van der Waals surface area contributed by atoms with E-state index in [4.69, 9.17) is 9.47 Å². The summed E-state index contributed by atoms with van der Waals surface area (Å²) in [5.74, 6) is 1.35. The molecule has 19 heavy (non-hydrogen) atoms. The first-order valence-corrected chi connectivity index (χ1v) is 6.10. The monoisotopic (exact) mass is 254 g/mol. The van der Waals surface area contributed by atoms with Crippen molar-refractivity contribution in [1.29, 1.82) is 0 Å². The molecular weight excluding hydrogens is 240 g/mol. The molecule has 0 bridgehead atoms. The van der Waals surface area contributed by atoms with Crippen molar-refractivity contribution < 1.29 is 14.3 Å². The Kier molecular flexibility index (Phi) is 2.75. The summed E-state index contributed by atoms with van der Waals surface area (Å²) in [5, 5.41) is 0. The first-order chi connectivity index (χ1) is 9.30. The van der Waals surface area contributed by atoms with E-state index < -0.39 is 0 Å². The molecule has 0 heterocycles. The van der Waals surface area contributed by atoms with Gasteiger partial charge in [-0.2, -0.15) is 0 Å². The summed E-state index contributed by atoms with van der Waals surface area (Å²) in [4.78, 5) is 11.4. The number of rotatable bonds is 3. The first kappa shape index (κ1) is 11.8. The fraction of sp³-hybridized carbons (Fsp3) is 0.188. The van der Waals surface area contributed by atoms with Crippen LogP contribution in [0.5, 0.6) is 11.5 Å². The number of ether oxygens (including phenoxy) is 2. The van der Waals surface area contributed by atoms with Gasteiger partial charge in [0.1, 0.15) is 17.8 Å². The number of benzene rings is 2. The van der Waals surface area contributed by atoms with Gasteiger partial charge in [0.2, 0.25) is 0 Å². The molecule has 0 saturated heterocycles. The van der Waals surface area contributed by atoms with Crippen LogP contribution in [0, 0.1) is 0 Å². The van der Waals surface area contributed by atoms with Crippen LogP contribution in [-0.4, -0.2) is 20.5 Å². The van der Waals surface area contributed by atoms with Crippen molar-refractivity contribution >= 4 is 6.29 Å². The van der Waals surface area contributed by atoms with Gasteiger partial charge < -0.3 is 14.3 Å². The summed E-state index contributed by atoms with van der Waals surface area (Å²) in [6.07, 6.45) is 0.983. The van der Waals surface area contributed by atoms with E-state index >= 15 is 0 Å². The first-order valence-electron chi connectivity index (χ1n) is 6.10. The quantitative estimate of drug-likeness (QED) is 0.790. The molecule has 2 aromatic carbocycles. The molecular formula is C16H14O3. The summed E-state index contributed by atoms with van der Waals surface area (Å²) in [7, 11) is 3.28. The molecule has 0 saturated carbocycles. The highest BCUT2D eigenvalue weighted by atomic mass is 16.5. The summed E-state index contributed by atoms with van der Waals surface area (Å²) >= 11 is 0. The van der Waals surface area contributed by atoms with E-state index in [1.165, 1.54) is 0 Å². The molecule has 2 aromatic rings. The van der Waals surface area contributed by atoms with E-state index in [0.29, 0.717) is 0 Å². The zero-order valence-corrected chi connectivity index (χ0v) is 10.8. The van der Waals surface area contributed by atoms with Crippen LogP contribution < -0.4 is 9.47 Å². The Labute approximate surface area is 111 Å². The highest BCUT2D eigenvalue weighted by molar-refractivity contribution is 5.91. The minimum absolute atomic E-state index is 0.217. The predicted octanol–water partition coefficient (Wildman–Crippen LogP) is 3.02. The molecule has 1 atom stereocenters. The van der Waals surface area contributed by atoms with E-state index in [1.54, 1.807) is 14.2 Å². The predicted molar refractivity (Wildman–Crippen MR) is 72.9 cm³/mol. The van der Waals surface area contributed by atoms with E-state index in [1.807, 2.05) is 36.4 Å². The van der Waals surface area contributed by atoms with Crippen molar-refractivity contribution in [3.05, 3.63) is 47.5 Å². The minimum Gasteiger partial charge on any atom is -0.497 e. The molecule has 0 N–H and O–H groups in total. The zero-order valence-electron chi connectivity index (χ0n) is 10.8. The Bertz CT molecular complexity index is 646. The molecule has 3 nitrogen and oxygen atoms in total. The maximum Gasteiger partial charge on any atom is 0.131 e. The standard InChI is InChI=1S/C16H14O3/c1-18-10-6-7-11-13(8-10)16-12(14(11)9-17)4-3-5-15(16)19-2/h3-9,14H,1-2H3. The Hall–Kier alpha value is -2.29. The average Bonchev–Trinajstić information content (AvgIpc) is 2.79. The number of fused-ring (bicyclic) bond motifs is 3.